The lowest BCUT2D eigenvalue weighted by Crippen LogP contribution is -2.17. The summed E-state index contributed by atoms with van der Waals surface area (Å²) in [7, 11) is -2.05. The Bertz CT molecular complexity index is 613. The number of aromatic nitrogens is 4. The molecule has 0 aromatic carbocycles. The van der Waals surface area contributed by atoms with Crippen LogP contribution in [0.4, 0.5) is 5.82 Å². The average Bonchev–Trinajstić information content (AvgIpc) is 2.86. The fourth-order valence-electron chi connectivity index (χ4n) is 1.48. The number of H-pyrrole nitrogens is 1. The van der Waals surface area contributed by atoms with Gasteiger partial charge in [-0.15, -0.1) is 0 Å². The quantitative estimate of drug-likeness (QED) is 0.832. The van der Waals surface area contributed by atoms with Crippen LogP contribution in [0.2, 0.25) is 0 Å². The Hall–Kier alpha value is -1.83. The molecule has 0 amide bonds. The van der Waals surface area contributed by atoms with Crippen molar-refractivity contribution in [2.75, 3.05) is 4.72 Å². The number of aryl methyl sites for hydroxylation is 2. The van der Waals surface area contributed by atoms with Crippen LogP contribution < -0.4 is 4.72 Å². The third-order valence-corrected chi connectivity index (χ3v) is 3.81. The molecular weight excluding hydrogens is 242 g/mol. The normalized spacial score (nSPS) is 11.6. The molecule has 2 rings (SSSR count). The molecule has 2 N–H and O–H groups in total. The van der Waals surface area contributed by atoms with Gasteiger partial charge in [0.2, 0.25) is 0 Å². The van der Waals surface area contributed by atoms with Gasteiger partial charge < -0.3 is 0 Å². The van der Waals surface area contributed by atoms with Crippen LogP contribution in [0.5, 0.6) is 0 Å². The first-order valence-electron chi connectivity index (χ1n) is 5.07. The molecule has 7 nitrogen and oxygen atoms in total. The average molecular weight is 255 g/mol. The van der Waals surface area contributed by atoms with Gasteiger partial charge in [-0.25, -0.2) is 0 Å². The van der Waals surface area contributed by atoms with Crippen LogP contribution in [0.3, 0.4) is 0 Å². The van der Waals surface area contributed by atoms with Crippen molar-refractivity contribution < 1.29 is 8.42 Å². The first-order valence-corrected chi connectivity index (χ1v) is 6.56. The maximum atomic E-state index is 12.0. The lowest BCUT2D eigenvalue weighted by atomic mass is 10.3. The highest BCUT2D eigenvalue weighted by molar-refractivity contribution is 7.92. The molecule has 8 heteroatoms. The van der Waals surface area contributed by atoms with Crippen LogP contribution >= 0.6 is 0 Å². The van der Waals surface area contributed by atoms with Gasteiger partial charge in [-0.1, -0.05) is 6.92 Å². The fourth-order valence-corrected chi connectivity index (χ4v) is 2.66. The summed E-state index contributed by atoms with van der Waals surface area (Å²) >= 11 is 0. The number of hydrogen-bond acceptors (Lipinski definition) is 4. The molecule has 0 aliphatic heterocycles. The second-order valence-corrected chi connectivity index (χ2v) is 5.15. The van der Waals surface area contributed by atoms with Gasteiger partial charge >= 0.3 is 0 Å². The van der Waals surface area contributed by atoms with Crippen molar-refractivity contribution in [3.8, 4) is 0 Å². The number of nitrogens with one attached hydrogen (secondary N) is 2. The van der Waals surface area contributed by atoms with E-state index in [2.05, 4.69) is 20.0 Å². The van der Waals surface area contributed by atoms with Gasteiger partial charge in [-0.3, -0.25) is 14.5 Å². The van der Waals surface area contributed by atoms with E-state index in [0.717, 1.165) is 5.56 Å². The van der Waals surface area contributed by atoms with Crippen molar-refractivity contribution in [2.24, 2.45) is 7.05 Å². The second kappa shape index (κ2) is 4.21. The maximum Gasteiger partial charge on any atom is 0.280 e. The maximum absolute atomic E-state index is 12.0. The Labute approximate surface area is 98.9 Å². The minimum atomic E-state index is -3.62. The van der Waals surface area contributed by atoms with E-state index in [0.29, 0.717) is 12.2 Å². The van der Waals surface area contributed by atoms with Crippen molar-refractivity contribution in [1.29, 1.82) is 0 Å². The van der Waals surface area contributed by atoms with Crippen molar-refractivity contribution in [2.45, 2.75) is 18.4 Å². The summed E-state index contributed by atoms with van der Waals surface area (Å²) in [6.45, 7) is 1.92. The van der Waals surface area contributed by atoms with Crippen molar-refractivity contribution in [3.63, 3.8) is 0 Å². The first kappa shape index (κ1) is 11.6. The van der Waals surface area contributed by atoms with Crippen LogP contribution in [-0.4, -0.2) is 28.4 Å². The minimum absolute atomic E-state index is 0.106. The summed E-state index contributed by atoms with van der Waals surface area (Å²) < 4.78 is 27.8. The molecule has 0 unspecified atom stereocenters. The van der Waals surface area contributed by atoms with Gasteiger partial charge in [0.15, 0.2) is 5.03 Å². The Morgan fingerprint density at radius 1 is 1.53 bits per heavy atom. The number of nitrogens with zero attached hydrogens (tertiary/aromatic N) is 3. The van der Waals surface area contributed by atoms with Crippen molar-refractivity contribution in [1.82, 2.24) is 20.0 Å². The second-order valence-electron chi connectivity index (χ2n) is 3.52. The summed E-state index contributed by atoms with van der Waals surface area (Å²) in [5.41, 5.74) is 0.816. The van der Waals surface area contributed by atoms with Crippen LogP contribution in [0.1, 0.15) is 12.5 Å². The van der Waals surface area contributed by atoms with Gasteiger partial charge in [-0.05, 0) is 12.5 Å². The lowest BCUT2D eigenvalue weighted by Gasteiger charge is -2.07. The zero-order chi connectivity index (χ0) is 12.5. The summed E-state index contributed by atoms with van der Waals surface area (Å²) in [6.07, 6.45) is 3.73. The largest absolute Gasteiger partial charge is 0.280 e. The smallest absolute Gasteiger partial charge is 0.262 e. The zero-order valence-corrected chi connectivity index (χ0v) is 10.3. The topological polar surface area (TPSA) is 92.7 Å². The van der Waals surface area contributed by atoms with Gasteiger partial charge in [-0.2, -0.15) is 18.6 Å². The summed E-state index contributed by atoms with van der Waals surface area (Å²) in [6, 6.07) is 1.43. The molecule has 0 spiro atoms. The summed E-state index contributed by atoms with van der Waals surface area (Å²) in [4.78, 5) is 0. The number of rotatable bonds is 4. The Morgan fingerprint density at radius 2 is 2.29 bits per heavy atom. The third kappa shape index (κ3) is 2.16. The van der Waals surface area contributed by atoms with Crippen molar-refractivity contribution >= 4 is 15.8 Å². The fraction of sp³-hybridized carbons (Fsp3) is 0.333. The Kier molecular flexibility index (Phi) is 2.88. The van der Waals surface area contributed by atoms with E-state index in [1.165, 1.54) is 16.9 Å². The van der Waals surface area contributed by atoms with Crippen LogP contribution in [-0.2, 0) is 23.5 Å². The van der Waals surface area contributed by atoms with E-state index in [-0.39, 0.29) is 5.03 Å². The monoisotopic (exact) mass is 255 g/mol. The molecule has 0 aliphatic carbocycles. The van der Waals surface area contributed by atoms with E-state index in [4.69, 9.17) is 0 Å². The van der Waals surface area contributed by atoms with Gasteiger partial charge in [0, 0.05) is 12.6 Å². The summed E-state index contributed by atoms with van der Waals surface area (Å²) in [5, 5.41) is 10.4. The molecule has 0 saturated carbocycles. The SMILES string of the molecule is CCc1cn[nH]c1NS(=O)(=O)c1ccnn1C. The summed E-state index contributed by atoms with van der Waals surface area (Å²) in [5.74, 6) is 0.397. The number of aromatic amines is 1. The Morgan fingerprint density at radius 3 is 2.88 bits per heavy atom. The lowest BCUT2D eigenvalue weighted by molar-refractivity contribution is 0.582. The van der Waals surface area contributed by atoms with Gasteiger partial charge in [0.25, 0.3) is 10.0 Å². The molecule has 0 aliphatic rings. The van der Waals surface area contributed by atoms with E-state index in [1.54, 1.807) is 13.2 Å². The molecular formula is C9H13N5O2S. The minimum Gasteiger partial charge on any atom is -0.262 e. The van der Waals surface area contributed by atoms with Crippen LogP contribution in [0.15, 0.2) is 23.5 Å². The third-order valence-electron chi connectivity index (χ3n) is 2.39. The van der Waals surface area contributed by atoms with E-state index in [1.807, 2.05) is 6.92 Å². The molecule has 0 bridgehead atoms. The Balaban J connectivity index is 2.33. The van der Waals surface area contributed by atoms with E-state index >= 15 is 0 Å². The van der Waals surface area contributed by atoms with E-state index in [9.17, 15) is 8.42 Å². The van der Waals surface area contributed by atoms with Crippen LogP contribution in [0, 0.1) is 0 Å². The number of hydrogen-bond donors (Lipinski definition) is 2. The highest BCUT2D eigenvalue weighted by atomic mass is 32.2. The predicted molar refractivity (Wildman–Crippen MR) is 62.0 cm³/mol. The highest BCUT2D eigenvalue weighted by Crippen LogP contribution is 2.17. The van der Waals surface area contributed by atoms with Crippen molar-refractivity contribution in [3.05, 3.63) is 24.0 Å². The molecule has 17 heavy (non-hydrogen) atoms. The molecule has 2 aromatic heterocycles. The molecule has 2 aromatic rings. The number of sulfonamides is 1. The molecule has 92 valence electrons. The molecule has 0 atom stereocenters. The van der Waals surface area contributed by atoms with Crippen LogP contribution in [0.25, 0.3) is 0 Å². The highest BCUT2D eigenvalue weighted by Gasteiger charge is 2.19. The molecule has 0 saturated heterocycles. The van der Waals surface area contributed by atoms with Gasteiger partial charge in [0.1, 0.15) is 5.82 Å². The zero-order valence-electron chi connectivity index (χ0n) is 9.51. The predicted octanol–water partition coefficient (Wildman–Crippen LogP) is 0.506. The van der Waals surface area contributed by atoms with E-state index < -0.39 is 10.0 Å². The molecule has 0 fully saturated rings. The van der Waals surface area contributed by atoms with Gasteiger partial charge in [0.05, 0.1) is 12.4 Å². The standard InChI is InChI=1S/C9H13N5O2S/c1-3-7-6-10-12-9(7)13-17(15,16)8-4-5-11-14(8)2/h4-6H,3H2,1-2H3,(H2,10,12,13). The first-order chi connectivity index (χ1) is 8.04. The number of anilines is 1. The molecule has 2 heterocycles. The molecule has 0 radical (unpaired) electrons.